The van der Waals surface area contributed by atoms with Gasteiger partial charge in [0.2, 0.25) is 0 Å². The summed E-state index contributed by atoms with van der Waals surface area (Å²) in [5.74, 6) is 0.876. The van der Waals surface area contributed by atoms with Crippen LogP contribution in [0.2, 0.25) is 0 Å². The molecule has 1 N–H and O–H groups in total. The van der Waals surface area contributed by atoms with Crippen molar-refractivity contribution in [1.29, 1.82) is 0 Å². The first-order valence-electron chi connectivity index (χ1n) is 9.74. The van der Waals surface area contributed by atoms with Crippen LogP contribution in [-0.4, -0.2) is 40.6 Å². The molecular formula is C23H26FNO2. The number of carbonyl (C=O) groups is 1. The van der Waals surface area contributed by atoms with Gasteiger partial charge in [-0.15, -0.1) is 0 Å². The number of hydrogen-bond donors (Lipinski definition) is 1. The van der Waals surface area contributed by atoms with E-state index < -0.39 is 5.67 Å². The van der Waals surface area contributed by atoms with Gasteiger partial charge in [-0.2, -0.15) is 0 Å². The van der Waals surface area contributed by atoms with E-state index in [9.17, 15) is 9.90 Å². The van der Waals surface area contributed by atoms with E-state index >= 15 is 4.39 Å². The van der Waals surface area contributed by atoms with Crippen LogP contribution in [0.3, 0.4) is 0 Å². The number of rotatable bonds is 5. The average molecular weight is 367 g/mol. The number of hydrogen-bond acceptors (Lipinski definition) is 3. The van der Waals surface area contributed by atoms with Crippen molar-refractivity contribution in [3.8, 4) is 5.75 Å². The predicted molar refractivity (Wildman–Crippen MR) is 104 cm³/mol. The summed E-state index contributed by atoms with van der Waals surface area (Å²) < 4.78 is 15.4. The Morgan fingerprint density at radius 2 is 1.70 bits per heavy atom. The van der Waals surface area contributed by atoms with Gasteiger partial charge in [-0.05, 0) is 61.4 Å². The second kappa shape index (κ2) is 7.08. The maximum atomic E-state index is 15.4. The summed E-state index contributed by atoms with van der Waals surface area (Å²) in [6.07, 6.45) is 1.66. The lowest BCUT2D eigenvalue weighted by atomic mass is 9.93. The average Bonchev–Trinajstić information content (AvgIpc) is 3.16. The second-order valence-electron chi connectivity index (χ2n) is 8.28. The van der Waals surface area contributed by atoms with Gasteiger partial charge in [-0.25, -0.2) is 4.39 Å². The number of fused-ring (bicyclic) bond motifs is 1. The summed E-state index contributed by atoms with van der Waals surface area (Å²) in [5, 5.41) is 9.40. The number of Topliss-reactive ketones (excluding diaryl/α,β-unsaturated/α-hetero) is 1. The molecule has 0 radical (unpaired) electrons. The Bertz CT molecular complexity index is 791. The molecule has 1 aliphatic heterocycles. The maximum absolute atomic E-state index is 15.4. The van der Waals surface area contributed by atoms with Crippen molar-refractivity contribution in [3.63, 3.8) is 0 Å². The first kappa shape index (κ1) is 18.2. The molecule has 0 spiro atoms. The van der Waals surface area contributed by atoms with Crippen LogP contribution in [0.1, 0.15) is 35.7 Å². The Kier molecular flexibility index (Phi) is 4.77. The minimum atomic E-state index is -1.12. The molecule has 1 saturated heterocycles. The Morgan fingerprint density at radius 1 is 1.11 bits per heavy atom. The van der Waals surface area contributed by atoms with Gasteiger partial charge >= 0.3 is 0 Å². The van der Waals surface area contributed by atoms with Gasteiger partial charge in [0.25, 0.3) is 0 Å². The molecule has 2 aromatic rings. The van der Waals surface area contributed by atoms with Crippen LogP contribution in [-0.2, 0) is 6.42 Å². The molecule has 4 heteroatoms. The van der Waals surface area contributed by atoms with Crippen LogP contribution in [0.5, 0.6) is 5.75 Å². The third-order valence-electron chi connectivity index (χ3n) is 6.30. The van der Waals surface area contributed by atoms with Crippen LogP contribution in [0.25, 0.3) is 0 Å². The Labute approximate surface area is 159 Å². The number of phenolic OH excluding ortho intramolecular Hbond substituents is 1. The Morgan fingerprint density at radius 3 is 2.30 bits per heavy atom. The summed E-state index contributed by atoms with van der Waals surface area (Å²) in [5.41, 5.74) is 0.557. The van der Waals surface area contributed by atoms with Crippen molar-refractivity contribution in [2.75, 3.05) is 13.1 Å². The molecule has 1 saturated carbocycles. The van der Waals surface area contributed by atoms with E-state index in [2.05, 4.69) is 4.90 Å². The van der Waals surface area contributed by atoms with Gasteiger partial charge in [0.05, 0.1) is 6.04 Å². The van der Waals surface area contributed by atoms with E-state index in [0.29, 0.717) is 36.7 Å². The van der Waals surface area contributed by atoms with Crippen LogP contribution < -0.4 is 0 Å². The summed E-state index contributed by atoms with van der Waals surface area (Å²) >= 11 is 0. The molecule has 0 amide bonds. The molecule has 2 unspecified atom stereocenters. The maximum Gasteiger partial charge on any atom is 0.179 e. The normalized spacial score (nSPS) is 28.8. The van der Waals surface area contributed by atoms with Crippen LogP contribution in [0.15, 0.2) is 54.6 Å². The van der Waals surface area contributed by atoms with E-state index in [4.69, 9.17) is 0 Å². The molecule has 0 aromatic heterocycles. The summed E-state index contributed by atoms with van der Waals surface area (Å²) in [6.45, 7) is 3.51. The van der Waals surface area contributed by atoms with Crippen LogP contribution in [0.4, 0.5) is 4.39 Å². The number of alkyl halides is 1. The summed E-state index contributed by atoms with van der Waals surface area (Å²) in [6, 6.07) is 16.1. The van der Waals surface area contributed by atoms with E-state index in [1.165, 1.54) is 0 Å². The van der Waals surface area contributed by atoms with Gasteiger partial charge in [-0.3, -0.25) is 9.69 Å². The van der Waals surface area contributed by atoms with E-state index in [1.54, 1.807) is 24.3 Å². The highest BCUT2D eigenvalue weighted by atomic mass is 19.1. The molecule has 1 heterocycles. The molecule has 27 heavy (non-hydrogen) atoms. The van der Waals surface area contributed by atoms with Gasteiger partial charge < -0.3 is 5.11 Å². The number of carbonyl (C=O) groups excluding carboxylic acids is 1. The zero-order chi connectivity index (χ0) is 19.0. The molecule has 0 bridgehead atoms. The number of phenols is 1. The molecule has 1 aliphatic carbocycles. The third kappa shape index (κ3) is 3.77. The number of ketones is 1. The topological polar surface area (TPSA) is 40.5 Å². The molecule has 2 aromatic carbocycles. The van der Waals surface area contributed by atoms with Crippen molar-refractivity contribution < 1.29 is 14.3 Å². The third-order valence-corrected chi connectivity index (χ3v) is 6.30. The van der Waals surface area contributed by atoms with Crippen LogP contribution in [0, 0.1) is 11.8 Å². The minimum Gasteiger partial charge on any atom is -0.508 e. The van der Waals surface area contributed by atoms with Crippen LogP contribution >= 0.6 is 0 Å². The molecule has 142 valence electrons. The summed E-state index contributed by atoms with van der Waals surface area (Å²) in [7, 11) is 0. The van der Waals surface area contributed by atoms with E-state index in [-0.39, 0.29) is 17.6 Å². The monoisotopic (exact) mass is 367 g/mol. The Hall–Kier alpha value is -2.20. The summed E-state index contributed by atoms with van der Waals surface area (Å²) in [4.78, 5) is 14.9. The largest absolute Gasteiger partial charge is 0.508 e. The van der Waals surface area contributed by atoms with Gasteiger partial charge in [0.15, 0.2) is 5.78 Å². The molecule has 3 nitrogen and oxygen atoms in total. The molecule has 4 rings (SSSR count). The predicted octanol–water partition coefficient (Wildman–Crippen LogP) is 4.26. The number of halogens is 1. The number of likely N-dealkylation sites (tertiary alicyclic amines) is 1. The van der Waals surface area contributed by atoms with Crippen molar-refractivity contribution in [3.05, 3.63) is 65.7 Å². The van der Waals surface area contributed by atoms with Gasteiger partial charge in [0.1, 0.15) is 11.4 Å². The van der Waals surface area contributed by atoms with Crippen molar-refractivity contribution in [1.82, 2.24) is 4.90 Å². The molecular weight excluding hydrogens is 341 g/mol. The van der Waals surface area contributed by atoms with E-state index in [1.807, 2.05) is 37.3 Å². The lowest BCUT2D eigenvalue weighted by molar-refractivity contribution is 0.0839. The van der Waals surface area contributed by atoms with Crippen molar-refractivity contribution >= 4 is 5.78 Å². The lowest BCUT2D eigenvalue weighted by Crippen LogP contribution is -2.39. The Balaban J connectivity index is 1.38. The fourth-order valence-electron chi connectivity index (χ4n) is 4.92. The first-order valence-corrected chi connectivity index (χ1v) is 9.74. The SMILES string of the molecule is CC(C(=O)c1ccc(O)cc1)N1C[C@@H]2CC(F)(Cc3ccccc3)C[C@@H]2C1. The number of benzene rings is 2. The highest BCUT2D eigenvalue weighted by Gasteiger charge is 2.50. The molecule has 4 atom stereocenters. The molecule has 2 fully saturated rings. The highest BCUT2D eigenvalue weighted by molar-refractivity contribution is 5.99. The zero-order valence-corrected chi connectivity index (χ0v) is 15.6. The van der Waals surface area contributed by atoms with Crippen molar-refractivity contribution in [2.24, 2.45) is 11.8 Å². The van der Waals surface area contributed by atoms with Gasteiger partial charge in [-0.1, -0.05) is 30.3 Å². The number of nitrogens with zero attached hydrogens (tertiary/aromatic N) is 1. The first-order chi connectivity index (χ1) is 12.9. The fourth-order valence-corrected chi connectivity index (χ4v) is 4.92. The number of aromatic hydroxyl groups is 1. The zero-order valence-electron chi connectivity index (χ0n) is 15.6. The smallest absolute Gasteiger partial charge is 0.179 e. The fraction of sp³-hybridized carbons (Fsp3) is 0.435. The quantitative estimate of drug-likeness (QED) is 0.803. The van der Waals surface area contributed by atoms with Gasteiger partial charge in [0, 0.05) is 25.1 Å². The van der Waals surface area contributed by atoms with Crippen molar-refractivity contribution in [2.45, 2.75) is 37.9 Å². The lowest BCUT2D eigenvalue weighted by Gasteiger charge is -2.27. The van der Waals surface area contributed by atoms with E-state index in [0.717, 1.165) is 18.7 Å². The highest BCUT2D eigenvalue weighted by Crippen LogP contribution is 2.48. The molecule has 2 aliphatic rings. The standard InChI is InChI=1S/C23H26FNO2/c1-16(22(27)18-7-9-21(26)10-8-18)25-14-19-12-23(24,13-20(19)15-25)11-17-5-3-2-4-6-17/h2-10,16,19-20,26H,11-15H2,1H3/t16?,19-,20+,23?. The second-order valence-corrected chi connectivity index (χ2v) is 8.28. The minimum absolute atomic E-state index is 0.0609.